The van der Waals surface area contributed by atoms with E-state index in [1.807, 2.05) is 66.4 Å². The Morgan fingerprint density at radius 3 is 2.59 bits per heavy atom. The summed E-state index contributed by atoms with van der Waals surface area (Å²) in [5, 5.41) is 12.1. The van der Waals surface area contributed by atoms with Crippen LogP contribution in [0.5, 0.6) is 0 Å². The molecule has 0 saturated carbocycles. The second-order valence-electron chi connectivity index (χ2n) is 6.99. The lowest BCUT2D eigenvalue weighted by atomic mass is 10.1. The van der Waals surface area contributed by atoms with Crippen LogP contribution in [0.4, 0.5) is 0 Å². The minimum Gasteiger partial charge on any atom is -0.354 e. The first kappa shape index (κ1) is 20.8. The van der Waals surface area contributed by atoms with Gasteiger partial charge in [-0.05, 0) is 43.3 Å². The molecule has 0 aliphatic rings. The number of hydrogen-bond acceptors (Lipinski definition) is 4. The second kappa shape index (κ2) is 10.0. The lowest BCUT2D eigenvalue weighted by molar-refractivity contribution is -0.122. The van der Waals surface area contributed by atoms with Gasteiger partial charge in [0, 0.05) is 25.2 Å². The normalized spacial score (nSPS) is 11.8. The van der Waals surface area contributed by atoms with Crippen molar-refractivity contribution in [3.8, 4) is 0 Å². The Morgan fingerprint density at radius 2 is 1.93 bits per heavy atom. The average Bonchev–Trinajstić information content (AvgIpc) is 3.35. The highest BCUT2D eigenvalue weighted by molar-refractivity contribution is 7.12. The summed E-state index contributed by atoms with van der Waals surface area (Å²) in [6.45, 7) is 5.26. The van der Waals surface area contributed by atoms with Crippen molar-refractivity contribution < 1.29 is 9.59 Å². The fraction of sp³-hybridized carbons (Fsp3) is 0.318. The number of aromatic nitrogens is 2. The van der Waals surface area contributed by atoms with Crippen molar-refractivity contribution in [3.05, 3.63) is 75.7 Å². The number of rotatable bonds is 9. The molecule has 0 bridgehead atoms. The fourth-order valence-electron chi connectivity index (χ4n) is 3.16. The van der Waals surface area contributed by atoms with Crippen LogP contribution in [0.3, 0.4) is 0 Å². The van der Waals surface area contributed by atoms with E-state index in [9.17, 15) is 9.59 Å². The summed E-state index contributed by atoms with van der Waals surface area (Å²) >= 11 is 1.36. The summed E-state index contributed by atoms with van der Waals surface area (Å²) in [6.07, 6.45) is 1.21. The van der Waals surface area contributed by atoms with Crippen LogP contribution >= 0.6 is 11.3 Å². The molecule has 152 valence electrons. The Morgan fingerprint density at radius 1 is 1.14 bits per heavy atom. The fourth-order valence-corrected chi connectivity index (χ4v) is 3.79. The predicted molar refractivity (Wildman–Crippen MR) is 115 cm³/mol. The quantitative estimate of drug-likeness (QED) is 0.532. The smallest absolute Gasteiger partial charge is 0.262 e. The van der Waals surface area contributed by atoms with Crippen molar-refractivity contribution in [1.29, 1.82) is 0 Å². The predicted octanol–water partition coefficient (Wildman–Crippen LogP) is 3.11. The zero-order chi connectivity index (χ0) is 20.6. The molecule has 0 unspecified atom stereocenters. The van der Waals surface area contributed by atoms with Crippen LogP contribution in [0, 0.1) is 13.8 Å². The molecular formula is C22H26N4O2S. The standard InChI is InChI=1S/C22H26N4O2S/c1-16-14-17(2)26(25-16)12-7-11-23-21(27)19(15-18-8-4-3-5-9-18)24-22(28)20-10-6-13-29-20/h3-6,8-10,13-14,19H,7,11-12,15H2,1-2H3,(H,23,27)(H,24,28)/t19-/m1/s1. The van der Waals surface area contributed by atoms with Gasteiger partial charge in [0.25, 0.3) is 5.91 Å². The van der Waals surface area contributed by atoms with Crippen molar-refractivity contribution >= 4 is 23.2 Å². The topological polar surface area (TPSA) is 76.0 Å². The van der Waals surface area contributed by atoms with Gasteiger partial charge in [0.2, 0.25) is 5.91 Å². The molecular weight excluding hydrogens is 384 g/mol. The van der Waals surface area contributed by atoms with Gasteiger partial charge in [0.05, 0.1) is 10.6 Å². The molecule has 1 atom stereocenters. The first-order chi connectivity index (χ1) is 14.0. The largest absolute Gasteiger partial charge is 0.354 e. The average molecular weight is 411 g/mol. The van der Waals surface area contributed by atoms with E-state index in [-0.39, 0.29) is 11.8 Å². The molecule has 0 radical (unpaired) electrons. The number of nitrogens with zero attached hydrogens (tertiary/aromatic N) is 2. The van der Waals surface area contributed by atoms with E-state index >= 15 is 0 Å². The van der Waals surface area contributed by atoms with Gasteiger partial charge in [0.15, 0.2) is 0 Å². The maximum absolute atomic E-state index is 12.8. The lowest BCUT2D eigenvalue weighted by Gasteiger charge is -2.18. The first-order valence-electron chi connectivity index (χ1n) is 9.70. The Hall–Kier alpha value is -2.93. The molecule has 0 spiro atoms. The van der Waals surface area contributed by atoms with Crippen LogP contribution in [0.2, 0.25) is 0 Å². The highest BCUT2D eigenvalue weighted by atomic mass is 32.1. The molecule has 3 aromatic rings. The summed E-state index contributed by atoms with van der Waals surface area (Å²) in [6, 6.07) is 14.7. The number of carbonyl (C=O) groups is 2. The lowest BCUT2D eigenvalue weighted by Crippen LogP contribution is -2.48. The van der Waals surface area contributed by atoms with Gasteiger partial charge < -0.3 is 10.6 Å². The molecule has 0 fully saturated rings. The Bertz CT molecular complexity index is 935. The number of carbonyl (C=O) groups excluding carboxylic acids is 2. The number of aryl methyl sites for hydroxylation is 3. The van der Waals surface area contributed by atoms with Crippen molar-refractivity contribution in [2.75, 3.05) is 6.54 Å². The van der Waals surface area contributed by atoms with E-state index in [0.29, 0.717) is 17.8 Å². The Balaban J connectivity index is 1.57. The van der Waals surface area contributed by atoms with E-state index < -0.39 is 6.04 Å². The summed E-state index contributed by atoms with van der Waals surface area (Å²) in [5.41, 5.74) is 3.10. The summed E-state index contributed by atoms with van der Waals surface area (Å²) in [4.78, 5) is 25.9. The molecule has 7 heteroatoms. The number of benzene rings is 1. The maximum atomic E-state index is 12.8. The third-order valence-corrected chi connectivity index (χ3v) is 5.47. The van der Waals surface area contributed by atoms with E-state index in [1.54, 1.807) is 6.07 Å². The van der Waals surface area contributed by atoms with Crippen LogP contribution in [0.1, 0.15) is 33.0 Å². The highest BCUT2D eigenvalue weighted by Crippen LogP contribution is 2.10. The summed E-state index contributed by atoms with van der Waals surface area (Å²) in [5.74, 6) is -0.397. The molecule has 29 heavy (non-hydrogen) atoms. The maximum Gasteiger partial charge on any atom is 0.262 e. The van der Waals surface area contributed by atoms with Gasteiger partial charge in [-0.3, -0.25) is 14.3 Å². The SMILES string of the molecule is Cc1cc(C)n(CCCNC(=O)[C@@H](Cc2ccccc2)NC(=O)c2cccs2)n1. The van der Waals surface area contributed by atoms with E-state index in [1.165, 1.54) is 11.3 Å². The third kappa shape index (κ3) is 6.02. The zero-order valence-corrected chi connectivity index (χ0v) is 17.5. The van der Waals surface area contributed by atoms with Gasteiger partial charge in [-0.25, -0.2) is 0 Å². The molecule has 2 amide bonds. The molecule has 2 aromatic heterocycles. The summed E-state index contributed by atoms with van der Waals surface area (Å²) in [7, 11) is 0. The van der Waals surface area contributed by atoms with Gasteiger partial charge in [-0.15, -0.1) is 11.3 Å². The molecule has 1 aromatic carbocycles. The van der Waals surface area contributed by atoms with Gasteiger partial charge >= 0.3 is 0 Å². The number of thiophene rings is 1. The monoisotopic (exact) mass is 410 g/mol. The third-order valence-electron chi connectivity index (χ3n) is 4.60. The zero-order valence-electron chi connectivity index (χ0n) is 16.7. The first-order valence-corrected chi connectivity index (χ1v) is 10.6. The van der Waals surface area contributed by atoms with E-state index in [2.05, 4.69) is 15.7 Å². The number of amides is 2. The van der Waals surface area contributed by atoms with Crippen LogP contribution in [0.15, 0.2) is 53.9 Å². The van der Waals surface area contributed by atoms with Gasteiger partial charge in [-0.2, -0.15) is 5.10 Å². The van der Waals surface area contributed by atoms with E-state index in [4.69, 9.17) is 0 Å². The van der Waals surface area contributed by atoms with Crippen molar-refractivity contribution in [2.24, 2.45) is 0 Å². The Labute approximate surface area is 175 Å². The Kier molecular flexibility index (Phi) is 7.19. The van der Waals surface area contributed by atoms with Crippen molar-refractivity contribution in [3.63, 3.8) is 0 Å². The van der Waals surface area contributed by atoms with Crippen LogP contribution in [0.25, 0.3) is 0 Å². The van der Waals surface area contributed by atoms with Gasteiger partial charge in [-0.1, -0.05) is 36.4 Å². The second-order valence-corrected chi connectivity index (χ2v) is 7.94. The molecule has 0 aliphatic heterocycles. The molecule has 0 aliphatic carbocycles. The molecule has 3 rings (SSSR count). The van der Waals surface area contributed by atoms with Crippen molar-refractivity contribution in [2.45, 2.75) is 39.3 Å². The highest BCUT2D eigenvalue weighted by Gasteiger charge is 2.22. The number of hydrogen-bond donors (Lipinski definition) is 2. The minimum absolute atomic E-state index is 0.174. The van der Waals surface area contributed by atoms with Crippen LogP contribution < -0.4 is 10.6 Å². The molecule has 2 N–H and O–H groups in total. The van der Waals surface area contributed by atoms with Crippen LogP contribution in [-0.4, -0.2) is 34.2 Å². The minimum atomic E-state index is -0.624. The van der Waals surface area contributed by atoms with Crippen molar-refractivity contribution in [1.82, 2.24) is 20.4 Å². The molecule has 6 nitrogen and oxygen atoms in total. The summed E-state index contributed by atoms with van der Waals surface area (Å²) < 4.78 is 1.95. The van der Waals surface area contributed by atoms with Crippen LogP contribution in [-0.2, 0) is 17.8 Å². The number of nitrogens with one attached hydrogen (secondary N) is 2. The molecule has 2 heterocycles. The van der Waals surface area contributed by atoms with Gasteiger partial charge in [0.1, 0.15) is 6.04 Å². The van der Waals surface area contributed by atoms with E-state index in [0.717, 1.165) is 29.9 Å². The molecule has 0 saturated heterocycles.